The van der Waals surface area contributed by atoms with Crippen LogP contribution in [0.5, 0.6) is 0 Å². The molecule has 0 bridgehead atoms. The summed E-state index contributed by atoms with van der Waals surface area (Å²) in [5, 5.41) is 3.14. The number of carbonyl (C=O) groups excluding carboxylic acids is 1. The van der Waals surface area contributed by atoms with Gasteiger partial charge in [-0.15, -0.1) is 0 Å². The number of imidazole rings is 1. The van der Waals surface area contributed by atoms with Crippen LogP contribution in [0.4, 0.5) is 4.79 Å². The van der Waals surface area contributed by atoms with Gasteiger partial charge in [-0.2, -0.15) is 0 Å². The molecule has 1 saturated heterocycles. The Balaban J connectivity index is 1.41. The molecule has 2 fully saturated rings. The summed E-state index contributed by atoms with van der Waals surface area (Å²) in [5.41, 5.74) is 1.50. The first-order valence-corrected chi connectivity index (χ1v) is 12.7. The fourth-order valence-corrected chi connectivity index (χ4v) is 4.91. The molecule has 2 N–H and O–H groups in total. The number of carbonyl (C=O) groups is 1. The van der Waals surface area contributed by atoms with Crippen molar-refractivity contribution in [2.24, 2.45) is 5.92 Å². The maximum Gasteiger partial charge on any atom is 0.494 e. The fourth-order valence-electron chi connectivity index (χ4n) is 4.91. The number of ether oxygens (including phenoxy) is 1. The van der Waals surface area contributed by atoms with Gasteiger partial charge in [0.1, 0.15) is 11.4 Å². The molecule has 4 rings (SSSR count). The van der Waals surface area contributed by atoms with E-state index in [0.29, 0.717) is 5.92 Å². The Morgan fingerprint density at radius 2 is 1.77 bits per heavy atom. The van der Waals surface area contributed by atoms with E-state index in [1.807, 2.05) is 27.0 Å². The Morgan fingerprint density at radius 3 is 2.37 bits per heavy atom. The van der Waals surface area contributed by atoms with Gasteiger partial charge < -0.3 is 24.3 Å². The molecule has 2 atom stereocenters. The van der Waals surface area contributed by atoms with Crippen LogP contribution < -0.4 is 10.8 Å². The third-order valence-electron chi connectivity index (χ3n) is 7.75. The molecule has 1 aliphatic carbocycles. The molecule has 1 aliphatic heterocycles. The minimum Gasteiger partial charge on any atom is -0.444 e. The van der Waals surface area contributed by atoms with Gasteiger partial charge in [-0.1, -0.05) is 30.7 Å². The number of rotatable bonds is 5. The molecule has 35 heavy (non-hydrogen) atoms. The number of nitrogens with zero attached hydrogens (tertiary/aromatic N) is 1. The zero-order valence-corrected chi connectivity index (χ0v) is 22.5. The second-order valence-electron chi connectivity index (χ2n) is 12.3. The Morgan fingerprint density at radius 1 is 1.14 bits per heavy atom. The van der Waals surface area contributed by atoms with Crippen molar-refractivity contribution in [3.63, 3.8) is 0 Å². The number of aromatic nitrogens is 2. The van der Waals surface area contributed by atoms with Gasteiger partial charge in [0.25, 0.3) is 0 Å². The number of alkyl carbamates (subject to hydrolysis) is 1. The van der Waals surface area contributed by atoms with E-state index in [1.165, 1.54) is 0 Å². The van der Waals surface area contributed by atoms with Gasteiger partial charge in [0.05, 0.1) is 23.1 Å². The van der Waals surface area contributed by atoms with E-state index in [2.05, 4.69) is 74.2 Å². The summed E-state index contributed by atoms with van der Waals surface area (Å²) < 4.78 is 17.8. The molecule has 8 heteroatoms. The van der Waals surface area contributed by atoms with E-state index in [9.17, 15) is 4.79 Å². The second kappa shape index (κ2) is 8.97. The topological polar surface area (TPSA) is 85.5 Å². The molecular formula is C27H40BN3O4. The Bertz CT molecular complexity index is 1040. The standard InChI is InChI=1S/C27H40BN3O4/c1-24(2,3)33-23(32)31-27(8)15-9-10-19(27)16-22-29-17-21(30-22)18-11-13-20(14-12-18)28-34-25(4,5)26(6,7)35-28/h11-14,17,19H,9-10,15-16H2,1-8H3,(H,29,30)(H,31,32). The van der Waals surface area contributed by atoms with Gasteiger partial charge >= 0.3 is 13.2 Å². The molecule has 0 radical (unpaired) electrons. The first-order valence-electron chi connectivity index (χ1n) is 12.7. The Kier molecular flexibility index (Phi) is 6.60. The Hall–Kier alpha value is -2.32. The molecule has 2 heterocycles. The third kappa shape index (κ3) is 5.59. The maximum atomic E-state index is 12.4. The molecule has 7 nitrogen and oxygen atoms in total. The summed E-state index contributed by atoms with van der Waals surface area (Å²) in [7, 11) is -0.371. The summed E-state index contributed by atoms with van der Waals surface area (Å²) in [6.07, 6.45) is 5.36. The van der Waals surface area contributed by atoms with E-state index in [-0.39, 0.29) is 30.0 Å². The fraction of sp³-hybridized carbons (Fsp3) is 0.630. The first-order chi connectivity index (χ1) is 16.2. The normalized spacial score (nSPS) is 25.6. The number of aromatic amines is 1. The van der Waals surface area contributed by atoms with Crippen molar-refractivity contribution in [2.75, 3.05) is 0 Å². The Labute approximate surface area is 209 Å². The molecule has 1 saturated carbocycles. The van der Waals surface area contributed by atoms with Crippen molar-refractivity contribution in [2.45, 2.75) is 103 Å². The van der Waals surface area contributed by atoms with E-state index >= 15 is 0 Å². The molecule has 2 aromatic rings. The van der Waals surface area contributed by atoms with Crippen molar-refractivity contribution < 1.29 is 18.8 Å². The SMILES string of the molecule is CC(C)(C)OC(=O)NC1(C)CCCC1Cc1ncc(-c2ccc(B3OC(C)(C)C(C)(C)O3)cc2)[nH]1. The monoisotopic (exact) mass is 481 g/mol. The minimum atomic E-state index is -0.511. The average Bonchev–Trinajstić information content (AvgIpc) is 3.38. The number of nitrogens with one attached hydrogen (secondary N) is 2. The van der Waals surface area contributed by atoms with E-state index < -0.39 is 5.60 Å². The molecule has 1 aromatic carbocycles. The summed E-state index contributed by atoms with van der Waals surface area (Å²) in [6, 6.07) is 8.25. The van der Waals surface area contributed by atoms with Crippen molar-refractivity contribution >= 4 is 18.7 Å². The quantitative estimate of drug-likeness (QED) is 0.587. The highest BCUT2D eigenvalue weighted by molar-refractivity contribution is 6.62. The van der Waals surface area contributed by atoms with Crippen LogP contribution in [0, 0.1) is 5.92 Å². The maximum absolute atomic E-state index is 12.4. The van der Waals surface area contributed by atoms with Crippen LogP contribution in [0.2, 0.25) is 0 Å². The summed E-state index contributed by atoms with van der Waals surface area (Å²) in [4.78, 5) is 20.6. The van der Waals surface area contributed by atoms with Crippen molar-refractivity contribution in [3.8, 4) is 11.3 Å². The predicted octanol–water partition coefficient (Wildman–Crippen LogP) is 5.00. The summed E-state index contributed by atoms with van der Waals surface area (Å²) in [6.45, 7) is 16.0. The molecule has 2 aliphatic rings. The van der Waals surface area contributed by atoms with Crippen molar-refractivity contribution in [1.82, 2.24) is 15.3 Å². The summed E-state index contributed by atoms with van der Waals surface area (Å²) >= 11 is 0. The zero-order valence-electron chi connectivity index (χ0n) is 22.5. The number of amides is 1. The highest BCUT2D eigenvalue weighted by atomic mass is 16.7. The van der Waals surface area contributed by atoms with Crippen molar-refractivity contribution in [1.29, 1.82) is 0 Å². The van der Waals surface area contributed by atoms with E-state index in [0.717, 1.165) is 48.2 Å². The van der Waals surface area contributed by atoms with E-state index in [1.54, 1.807) is 0 Å². The molecular weight excluding hydrogens is 441 g/mol. The first kappa shape index (κ1) is 25.8. The van der Waals surface area contributed by atoms with Crippen LogP contribution in [0.3, 0.4) is 0 Å². The van der Waals surface area contributed by atoms with Gasteiger partial charge in [-0.3, -0.25) is 0 Å². The molecule has 1 amide bonds. The van der Waals surface area contributed by atoms with Crippen LogP contribution in [0.15, 0.2) is 30.5 Å². The van der Waals surface area contributed by atoms with Gasteiger partial charge in [-0.05, 0) is 85.2 Å². The van der Waals surface area contributed by atoms with Crippen LogP contribution >= 0.6 is 0 Å². The molecule has 1 aromatic heterocycles. The van der Waals surface area contributed by atoms with Gasteiger partial charge in [0.15, 0.2) is 0 Å². The van der Waals surface area contributed by atoms with Gasteiger partial charge in [0, 0.05) is 12.0 Å². The van der Waals surface area contributed by atoms with Crippen LogP contribution in [-0.2, 0) is 20.5 Å². The molecule has 0 spiro atoms. The molecule has 2 unspecified atom stereocenters. The second-order valence-corrected chi connectivity index (χ2v) is 12.3. The van der Waals surface area contributed by atoms with Crippen molar-refractivity contribution in [3.05, 3.63) is 36.3 Å². The zero-order chi connectivity index (χ0) is 25.6. The van der Waals surface area contributed by atoms with E-state index in [4.69, 9.17) is 14.0 Å². The average molecular weight is 481 g/mol. The predicted molar refractivity (Wildman–Crippen MR) is 139 cm³/mol. The van der Waals surface area contributed by atoms with Crippen LogP contribution in [0.1, 0.15) is 80.5 Å². The number of H-pyrrole nitrogens is 1. The smallest absolute Gasteiger partial charge is 0.444 e. The lowest BCUT2D eigenvalue weighted by molar-refractivity contribution is 0.00578. The van der Waals surface area contributed by atoms with Crippen LogP contribution in [-0.4, -0.2) is 45.5 Å². The summed E-state index contributed by atoms with van der Waals surface area (Å²) in [5.74, 6) is 1.22. The van der Waals surface area contributed by atoms with Crippen LogP contribution in [0.25, 0.3) is 11.3 Å². The highest BCUT2D eigenvalue weighted by Crippen LogP contribution is 2.38. The minimum absolute atomic E-state index is 0.291. The lowest BCUT2D eigenvalue weighted by Gasteiger charge is -2.33. The highest BCUT2D eigenvalue weighted by Gasteiger charge is 2.51. The number of hydrogen-bond donors (Lipinski definition) is 2. The number of hydrogen-bond acceptors (Lipinski definition) is 5. The third-order valence-corrected chi connectivity index (χ3v) is 7.75. The number of benzene rings is 1. The lowest BCUT2D eigenvalue weighted by atomic mass is 9.79. The van der Waals surface area contributed by atoms with Gasteiger partial charge in [0.2, 0.25) is 0 Å². The van der Waals surface area contributed by atoms with Gasteiger partial charge in [-0.25, -0.2) is 9.78 Å². The lowest BCUT2D eigenvalue weighted by Crippen LogP contribution is -2.50. The largest absolute Gasteiger partial charge is 0.494 e. The molecule has 190 valence electrons.